The third kappa shape index (κ3) is 6.43. The van der Waals surface area contributed by atoms with E-state index in [1.165, 1.54) is 0 Å². The van der Waals surface area contributed by atoms with Gasteiger partial charge in [-0.05, 0) is 19.4 Å². The van der Waals surface area contributed by atoms with Crippen LogP contribution in [0.15, 0.2) is 29.3 Å². The van der Waals surface area contributed by atoms with Crippen LogP contribution in [0.3, 0.4) is 0 Å². The molecule has 0 spiro atoms. The van der Waals surface area contributed by atoms with Crippen LogP contribution in [-0.4, -0.2) is 69.1 Å². The van der Waals surface area contributed by atoms with Crippen molar-refractivity contribution in [3.05, 3.63) is 34.9 Å². The highest BCUT2D eigenvalue weighted by Gasteiger charge is 2.25. The average molecular weight is 384 g/mol. The molecule has 26 heavy (non-hydrogen) atoms. The van der Waals surface area contributed by atoms with Crippen molar-refractivity contribution in [3.63, 3.8) is 0 Å². The number of hydrogen-bond donors (Lipinski definition) is 2. The summed E-state index contributed by atoms with van der Waals surface area (Å²) in [5, 5.41) is 14.3. The van der Waals surface area contributed by atoms with Crippen molar-refractivity contribution in [2.75, 3.05) is 53.1 Å². The quantitative estimate of drug-likeness (QED) is 0.389. The molecule has 1 aliphatic heterocycles. The van der Waals surface area contributed by atoms with Crippen molar-refractivity contribution in [1.29, 1.82) is 0 Å². The molecule has 0 aliphatic carbocycles. The van der Waals surface area contributed by atoms with Crippen molar-refractivity contribution < 1.29 is 14.6 Å². The lowest BCUT2D eigenvalue weighted by Gasteiger charge is -2.22. The first-order chi connectivity index (χ1) is 12.7. The molecule has 7 heteroatoms. The summed E-state index contributed by atoms with van der Waals surface area (Å²) in [6, 6.07) is 7.33. The van der Waals surface area contributed by atoms with Gasteiger partial charge in [0.25, 0.3) is 0 Å². The third-order valence-corrected chi connectivity index (χ3v) is 4.73. The van der Waals surface area contributed by atoms with E-state index in [9.17, 15) is 5.11 Å². The maximum Gasteiger partial charge on any atom is 0.194 e. The number of nitrogens with zero attached hydrogens (tertiary/aromatic N) is 2. The third-order valence-electron chi connectivity index (χ3n) is 4.38. The highest BCUT2D eigenvalue weighted by molar-refractivity contribution is 6.31. The molecule has 1 aromatic carbocycles. The minimum atomic E-state index is -0.715. The predicted molar refractivity (Wildman–Crippen MR) is 105 cm³/mol. The van der Waals surface area contributed by atoms with Crippen LogP contribution in [0, 0.1) is 5.92 Å². The molecule has 0 bridgehead atoms. The van der Waals surface area contributed by atoms with E-state index < -0.39 is 6.10 Å². The van der Waals surface area contributed by atoms with Gasteiger partial charge in [0.05, 0.1) is 26.4 Å². The number of ether oxygens (including phenoxy) is 2. The van der Waals surface area contributed by atoms with Gasteiger partial charge in [0.2, 0.25) is 0 Å². The first-order valence-corrected chi connectivity index (χ1v) is 9.55. The van der Waals surface area contributed by atoms with Crippen LogP contribution in [0.25, 0.3) is 0 Å². The number of rotatable bonds is 9. The first kappa shape index (κ1) is 21.0. The van der Waals surface area contributed by atoms with E-state index in [0.29, 0.717) is 29.7 Å². The number of halogens is 1. The molecule has 2 atom stereocenters. The van der Waals surface area contributed by atoms with Gasteiger partial charge in [0.15, 0.2) is 5.96 Å². The number of aliphatic imine (C=N–C) groups is 1. The molecule has 1 saturated heterocycles. The molecule has 6 nitrogen and oxygen atoms in total. The molecule has 0 aromatic heterocycles. The van der Waals surface area contributed by atoms with Gasteiger partial charge in [-0.3, -0.25) is 4.99 Å². The molecular weight excluding hydrogens is 354 g/mol. The van der Waals surface area contributed by atoms with E-state index >= 15 is 0 Å². The second kappa shape index (κ2) is 11.4. The SMILES string of the molecule is CCNC(=NCC(O)c1ccccc1Cl)N1CCC(COCCOC)C1. The molecule has 2 unspecified atom stereocenters. The molecule has 1 heterocycles. The molecule has 0 radical (unpaired) electrons. The number of methoxy groups -OCH3 is 1. The van der Waals surface area contributed by atoms with E-state index in [-0.39, 0.29) is 6.54 Å². The molecule has 0 amide bonds. The van der Waals surface area contributed by atoms with Gasteiger partial charge in [-0.25, -0.2) is 0 Å². The van der Waals surface area contributed by atoms with Crippen molar-refractivity contribution in [3.8, 4) is 0 Å². The Labute approximate surface area is 161 Å². The van der Waals surface area contributed by atoms with Crippen molar-refractivity contribution in [1.82, 2.24) is 10.2 Å². The summed E-state index contributed by atoms with van der Waals surface area (Å²) in [5.41, 5.74) is 0.708. The summed E-state index contributed by atoms with van der Waals surface area (Å²) in [7, 11) is 1.68. The van der Waals surface area contributed by atoms with Crippen LogP contribution >= 0.6 is 11.6 Å². The fraction of sp³-hybridized carbons (Fsp3) is 0.632. The maximum absolute atomic E-state index is 10.4. The monoisotopic (exact) mass is 383 g/mol. The number of hydrogen-bond acceptors (Lipinski definition) is 4. The highest BCUT2D eigenvalue weighted by atomic mass is 35.5. The van der Waals surface area contributed by atoms with Crippen LogP contribution in [0.5, 0.6) is 0 Å². The van der Waals surface area contributed by atoms with Crippen LogP contribution in [0.2, 0.25) is 5.02 Å². The second-order valence-corrected chi connectivity index (χ2v) is 6.81. The summed E-state index contributed by atoms with van der Waals surface area (Å²) in [4.78, 5) is 6.85. The van der Waals surface area contributed by atoms with Gasteiger partial charge in [-0.15, -0.1) is 0 Å². The number of benzene rings is 1. The Morgan fingerprint density at radius 3 is 2.96 bits per heavy atom. The fourth-order valence-electron chi connectivity index (χ4n) is 3.00. The lowest BCUT2D eigenvalue weighted by Crippen LogP contribution is -2.40. The summed E-state index contributed by atoms with van der Waals surface area (Å²) in [6.45, 7) is 6.94. The Kier molecular flexibility index (Phi) is 9.18. The van der Waals surface area contributed by atoms with Gasteiger partial charge in [0.1, 0.15) is 6.10 Å². The van der Waals surface area contributed by atoms with Gasteiger partial charge in [0, 0.05) is 43.2 Å². The summed E-state index contributed by atoms with van der Waals surface area (Å²) in [6.07, 6.45) is 0.359. The van der Waals surface area contributed by atoms with Crippen LogP contribution in [0.4, 0.5) is 0 Å². The normalized spacial score (nSPS) is 19.0. The van der Waals surface area contributed by atoms with Crippen LogP contribution in [0.1, 0.15) is 25.0 Å². The topological polar surface area (TPSA) is 66.3 Å². The van der Waals surface area contributed by atoms with Gasteiger partial charge in [-0.2, -0.15) is 0 Å². The summed E-state index contributed by atoms with van der Waals surface area (Å²) in [5.74, 6) is 1.32. The molecule has 1 fully saturated rings. The van der Waals surface area contributed by atoms with Crippen molar-refractivity contribution in [2.24, 2.45) is 10.9 Å². The Bertz CT molecular complexity index is 571. The van der Waals surface area contributed by atoms with Crippen molar-refractivity contribution in [2.45, 2.75) is 19.4 Å². The zero-order chi connectivity index (χ0) is 18.8. The van der Waals surface area contributed by atoms with Crippen LogP contribution < -0.4 is 5.32 Å². The minimum Gasteiger partial charge on any atom is -0.386 e. The molecule has 1 aromatic rings. The maximum atomic E-state index is 10.4. The minimum absolute atomic E-state index is 0.275. The Morgan fingerprint density at radius 1 is 1.42 bits per heavy atom. The van der Waals surface area contributed by atoms with E-state index in [1.807, 2.05) is 25.1 Å². The van der Waals surface area contributed by atoms with Gasteiger partial charge >= 0.3 is 0 Å². The highest BCUT2D eigenvalue weighted by Crippen LogP contribution is 2.23. The zero-order valence-corrected chi connectivity index (χ0v) is 16.4. The molecule has 2 rings (SSSR count). The van der Waals surface area contributed by atoms with Crippen LogP contribution in [-0.2, 0) is 9.47 Å². The first-order valence-electron chi connectivity index (χ1n) is 9.18. The molecule has 1 aliphatic rings. The van der Waals surface area contributed by atoms with Gasteiger partial charge < -0.3 is 24.8 Å². The Morgan fingerprint density at radius 2 is 2.23 bits per heavy atom. The van der Waals surface area contributed by atoms with Crippen molar-refractivity contribution >= 4 is 17.6 Å². The standard InChI is InChI=1S/C19H30ClN3O3/c1-3-21-19(22-12-18(24)16-6-4-5-7-17(16)20)23-9-8-15(13-23)14-26-11-10-25-2/h4-7,15,18,24H,3,8-14H2,1-2H3,(H,21,22). The number of guanidine groups is 1. The Balaban J connectivity index is 1.89. The number of likely N-dealkylation sites (tertiary alicyclic amines) is 1. The molecule has 146 valence electrons. The summed E-state index contributed by atoms with van der Waals surface area (Å²) < 4.78 is 10.6. The number of aliphatic hydroxyl groups is 1. The van der Waals surface area contributed by atoms with E-state index in [1.54, 1.807) is 13.2 Å². The molecule has 2 N–H and O–H groups in total. The molecular formula is C19H30ClN3O3. The zero-order valence-electron chi connectivity index (χ0n) is 15.7. The van der Waals surface area contributed by atoms with E-state index in [2.05, 4.69) is 15.2 Å². The largest absolute Gasteiger partial charge is 0.386 e. The number of nitrogens with one attached hydrogen (secondary N) is 1. The smallest absolute Gasteiger partial charge is 0.194 e. The lowest BCUT2D eigenvalue weighted by molar-refractivity contribution is 0.0536. The average Bonchev–Trinajstić information content (AvgIpc) is 3.11. The Hall–Kier alpha value is -1.34. The lowest BCUT2D eigenvalue weighted by atomic mass is 10.1. The fourth-order valence-corrected chi connectivity index (χ4v) is 3.26. The number of aliphatic hydroxyl groups excluding tert-OH is 1. The van der Waals surface area contributed by atoms with E-state index in [4.69, 9.17) is 21.1 Å². The van der Waals surface area contributed by atoms with Gasteiger partial charge in [-0.1, -0.05) is 29.8 Å². The second-order valence-electron chi connectivity index (χ2n) is 6.40. The predicted octanol–water partition coefficient (Wildman–Crippen LogP) is 2.32. The van der Waals surface area contributed by atoms with E-state index in [0.717, 1.165) is 38.6 Å². The summed E-state index contributed by atoms with van der Waals surface area (Å²) >= 11 is 6.16. The molecule has 0 saturated carbocycles.